The predicted octanol–water partition coefficient (Wildman–Crippen LogP) is 3.37. The summed E-state index contributed by atoms with van der Waals surface area (Å²) >= 11 is 6.08. The van der Waals surface area contributed by atoms with Crippen molar-refractivity contribution in [1.82, 2.24) is 20.7 Å². The zero-order chi connectivity index (χ0) is 25.2. The molecule has 3 atom stereocenters. The van der Waals surface area contributed by atoms with E-state index in [4.69, 9.17) is 11.6 Å². The Labute approximate surface area is 225 Å². The summed E-state index contributed by atoms with van der Waals surface area (Å²) in [6.45, 7) is 10.2. The Kier molecular flexibility index (Phi) is 10.4. The Hall–Kier alpha value is -2.75. The first-order chi connectivity index (χ1) is 16.7. The van der Waals surface area contributed by atoms with Gasteiger partial charge in [0, 0.05) is 24.3 Å². The lowest BCUT2D eigenvalue weighted by atomic mass is 9.70. The number of carbonyl (C=O) groups excluding carboxylic acids is 2. The highest BCUT2D eigenvalue weighted by Gasteiger charge is 2.40. The number of amides is 2. The quantitative estimate of drug-likeness (QED) is 0.583. The third-order valence-electron chi connectivity index (χ3n) is 7.10. The molecule has 1 aromatic rings. The molecule has 0 bridgehead atoms. The number of nitrogens with zero attached hydrogens (tertiary/aromatic N) is 4. The standard InChI is InChI=1S/C26H35ClN6O2.CH4.H2O/c1-17(2)23(31-24(34)19-7-10-22(29-13-19)33-16-28-15-30-33)25(35)32-12-11-21(26(3,4)14-32)18-5-8-20(27)9-6-18;;/h5-6,8-10,13,16-17,19,21,23,30H,7,11-12,14-15H2,1-4H3,(H,31,34);1H4;1H2/t19?,21-,23-;;/m1../s1. The molecule has 4 N–H and O–H groups in total. The normalized spacial score (nSPS) is 23.1. The van der Waals surface area contributed by atoms with Crippen LogP contribution in [0.5, 0.6) is 0 Å². The average Bonchev–Trinajstić information content (AvgIpc) is 3.37. The molecular formula is C27H41ClN6O3. The lowest BCUT2D eigenvalue weighted by Crippen LogP contribution is -2.56. The Balaban J connectivity index is 0.00000241. The van der Waals surface area contributed by atoms with Gasteiger partial charge in [-0.05, 0) is 53.9 Å². The fourth-order valence-electron chi connectivity index (χ4n) is 5.10. The van der Waals surface area contributed by atoms with Crippen molar-refractivity contribution < 1.29 is 15.1 Å². The van der Waals surface area contributed by atoms with E-state index in [0.717, 1.165) is 17.3 Å². The molecule has 0 radical (unpaired) electrons. The summed E-state index contributed by atoms with van der Waals surface area (Å²) in [5, 5.41) is 5.49. The summed E-state index contributed by atoms with van der Waals surface area (Å²) in [6.07, 6.45) is 6.63. The van der Waals surface area contributed by atoms with Crippen LogP contribution < -0.4 is 10.7 Å². The van der Waals surface area contributed by atoms with Crippen LogP contribution in [-0.4, -0.2) is 65.6 Å². The molecule has 0 saturated carbocycles. The number of carbonyl (C=O) groups is 2. The van der Waals surface area contributed by atoms with Crippen molar-refractivity contribution in [3.63, 3.8) is 0 Å². The van der Waals surface area contributed by atoms with Gasteiger partial charge in [-0.1, -0.05) is 58.9 Å². The van der Waals surface area contributed by atoms with Crippen molar-refractivity contribution in [3.05, 3.63) is 46.7 Å². The number of nitrogens with one attached hydrogen (secondary N) is 2. The number of hydrazine groups is 1. The molecule has 1 fully saturated rings. The smallest absolute Gasteiger partial charge is 0.245 e. The van der Waals surface area contributed by atoms with E-state index < -0.39 is 12.0 Å². The first-order valence-corrected chi connectivity index (χ1v) is 12.6. The van der Waals surface area contributed by atoms with E-state index in [9.17, 15) is 9.59 Å². The average molecular weight is 533 g/mol. The highest BCUT2D eigenvalue weighted by Crippen LogP contribution is 2.42. The van der Waals surface area contributed by atoms with Crippen LogP contribution in [-0.2, 0) is 9.59 Å². The largest absolute Gasteiger partial charge is 0.412 e. The lowest BCUT2D eigenvalue weighted by molar-refractivity contribution is -0.141. The van der Waals surface area contributed by atoms with E-state index in [1.54, 1.807) is 17.6 Å². The molecule has 0 aromatic heterocycles. The molecule has 1 saturated heterocycles. The molecule has 204 valence electrons. The van der Waals surface area contributed by atoms with Gasteiger partial charge in [-0.25, -0.2) is 15.4 Å². The van der Waals surface area contributed by atoms with Gasteiger partial charge in [-0.15, -0.1) is 0 Å². The van der Waals surface area contributed by atoms with E-state index in [1.165, 1.54) is 5.56 Å². The number of allylic oxidation sites excluding steroid dienone is 1. The summed E-state index contributed by atoms with van der Waals surface area (Å²) in [5.41, 5.74) is 4.21. The van der Waals surface area contributed by atoms with E-state index >= 15 is 0 Å². The maximum atomic E-state index is 13.6. The number of aliphatic imine (C=N–C) groups is 2. The number of piperidine rings is 1. The topological polar surface area (TPSA) is 121 Å². The van der Waals surface area contributed by atoms with Gasteiger partial charge in [0.25, 0.3) is 0 Å². The SMILES string of the molecule is C.CC(C)[C@@H](NC(=O)C1C=NC(N2C=NCN2)=CC1)C(=O)N1CC[C@H](c2ccc(Cl)cc2)C(C)(C)C1.O. The number of halogens is 1. The second-order valence-electron chi connectivity index (χ2n) is 10.5. The number of hydrogen-bond donors (Lipinski definition) is 2. The number of hydrogen-bond acceptors (Lipinski definition) is 6. The Bertz CT molecular complexity index is 1040. The highest BCUT2D eigenvalue weighted by molar-refractivity contribution is 6.30. The molecule has 3 aliphatic rings. The van der Waals surface area contributed by atoms with Crippen LogP contribution in [0.3, 0.4) is 0 Å². The fourth-order valence-corrected chi connectivity index (χ4v) is 5.22. The number of rotatable bonds is 6. The lowest BCUT2D eigenvalue weighted by Gasteiger charge is -2.46. The summed E-state index contributed by atoms with van der Waals surface area (Å²) in [4.78, 5) is 37.1. The molecule has 4 rings (SSSR count). The third kappa shape index (κ3) is 6.97. The van der Waals surface area contributed by atoms with E-state index in [2.05, 4.69) is 46.7 Å². The minimum atomic E-state index is -0.573. The molecule has 3 heterocycles. The molecule has 37 heavy (non-hydrogen) atoms. The Morgan fingerprint density at radius 2 is 1.92 bits per heavy atom. The third-order valence-corrected chi connectivity index (χ3v) is 7.35. The molecule has 0 aliphatic carbocycles. The zero-order valence-electron chi connectivity index (χ0n) is 21.4. The predicted molar refractivity (Wildman–Crippen MR) is 149 cm³/mol. The second-order valence-corrected chi connectivity index (χ2v) is 11.0. The first kappa shape index (κ1) is 30.5. The first-order valence-electron chi connectivity index (χ1n) is 12.3. The van der Waals surface area contributed by atoms with Gasteiger partial charge in [0.05, 0.1) is 5.92 Å². The van der Waals surface area contributed by atoms with Gasteiger partial charge in [0.1, 0.15) is 24.9 Å². The van der Waals surface area contributed by atoms with Gasteiger partial charge in [-0.3, -0.25) is 14.6 Å². The Morgan fingerprint density at radius 3 is 2.46 bits per heavy atom. The van der Waals surface area contributed by atoms with E-state index in [0.29, 0.717) is 32.1 Å². The highest BCUT2D eigenvalue weighted by atomic mass is 35.5. The van der Waals surface area contributed by atoms with Crippen LogP contribution in [0.2, 0.25) is 5.02 Å². The zero-order valence-corrected chi connectivity index (χ0v) is 22.1. The van der Waals surface area contributed by atoms with Crippen molar-refractivity contribution in [3.8, 4) is 0 Å². The van der Waals surface area contributed by atoms with Crippen molar-refractivity contribution >= 4 is 36.0 Å². The molecule has 10 heteroatoms. The minimum absolute atomic E-state index is 0. The molecule has 2 amide bonds. The summed E-state index contributed by atoms with van der Waals surface area (Å²) in [5.74, 6) is 0.439. The second kappa shape index (κ2) is 12.7. The van der Waals surface area contributed by atoms with Gasteiger partial charge < -0.3 is 15.7 Å². The maximum absolute atomic E-state index is 13.6. The monoisotopic (exact) mass is 532 g/mol. The van der Waals surface area contributed by atoms with Crippen LogP contribution in [0.15, 0.2) is 46.1 Å². The number of likely N-dealkylation sites (tertiary alicyclic amines) is 1. The number of benzene rings is 1. The molecule has 0 spiro atoms. The van der Waals surface area contributed by atoms with Crippen molar-refractivity contribution in [1.29, 1.82) is 0 Å². The summed E-state index contributed by atoms with van der Waals surface area (Å²) in [7, 11) is 0. The van der Waals surface area contributed by atoms with Crippen LogP contribution in [0.25, 0.3) is 0 Å². The van der Waals surface area contributed by atoms with Crippen molar-refractivity contribution in [2.45, 2.75) is 59.9 Å². The van der Waals surface area contributed by atoms with Crippen LogP contribution in [0.4, 0.5) is 0 Å². The molecule has 9 nitrogen and oxygen atoms in total. The summed E-state index contributed by atoms with van der Waals surface area (Å²) in [6, 6.07) is 7.45. The van der Waals surface area contributed by atoms with Crippen molar-refractivity contribution in [2.24, 2.45) is 27.2 Å². The van der Waals surface area contributed by atoms with Crippen LogP contribution >= 0.6 is 11.6 Å². The van der Waals surface area contributed by atoms with E-state index in [1.807, 2.05) is 37.0 Å². The van der Waals surface area contributed by atoms with Gasteiger partial charge in [0.15, 0.2) is 0 Å². The molecule has 3 aliphatic heterocycles. The minimum Gasteiger partial charge on any atom is -0.412 e. The fraction of sp³-hybridized carbons (Fsp3) is 0.556. The van der Waals surface area contributed by atoms with Crippen LogP contribution in [0, 0.1) is 17.3 Å². The molecule has 1 aromatic carbocycles. The van der Waals surface area contributed by atoms with Gasteiger partial charge >= 0.3 is 0 Å². The Morgan fingerprint density at radius 1 is 1.22 bits per heavy atom. The molecular weight excluding hydrogens is 492 g/mol. The summed E-state index contributed by atoms with van der Waals surface area (Å²) < 4.78 is 0. The maximum Gasteiger partial charge on any atom is 0.245 e. The van der Waals surface area contributed by atoms with Crippen molar-refractivity contribution in [2.75, 3.05) is 19.8 Å². The molecule has 1 unspecified atom stereocenters. The van der Waals surface area contributed by atoms with Crippen LogP contribution in [0.1, 0.15) is 59.4 Å². The van der Waals surface area contributed by atoms with Gasteiger partial charge in [0.2, 0.25) is 11.8 Å². The van der Waals surface area contributed by atoms with Gasteiger partial charge in [-0.2, -0.15) is 0 Å². The van der Waals surface area contributed by atoms with E-state index in [-0.39, 0.29) is 36.1 Å².